The van der Waals surface area contributed by atoms with Gasteiger partial charge in [-0.05, 0) is 35.0 Å². The molecule has 1 heterocycles. The molecule has 0 saturated carbocycles. The topological polar surface area (TPSA) is 55.8 Å². The Morgan fingerprint density at radius 1 is 0.926 bits per heavy atom. The van der Waals surface area contributed by atoms with E-state index in [0.29, 0.717) is 30.4 Å². The van der Waals surface area contributed by atoms with Gasteiger partial charge in [0, 0.05) is 6.07 Å². The van der Waals surface area contributed by atoms with Crippen LogP contribution < -0.4 is 13.8 Å². The maximum Gasteiger partial charge on any atom is 0.264 e. The van der Waals surface area contributed by atoms with E-state index in [-0.39, 0.29) is 11.4 Å². The number of nitrogens with zero attached hydrogens (tertiary/aromatic N) is 1. The van der Waals surface area contributed by atoms with E-state index in [9.17, 15) is 8.42 Å². The number of hydrogen-bond acceptors (Lipinski definition) is 4. The van der Waals surface area contributed by atoms with Crippen LogP contribution in [0.2, 0.25) is 0 Å². The van der Waals surface area contributed by atoms with Crippen LogP contribution in [0.4, 0.5) is 5.69 Å². The minimum atomic E-state index is -3.77. The van der Waals surface area contributed by atoms with Crippen molar-refractivity contribution in [1.82, 2.24) is 0 Å². The zero-order chi connectivity index (χ0) is 18.9. The lowest BCUT2D eigenvalue weighted by Gasteiger charge is -2.25. The molecule has 0 atom stereocenters. The zero-order valence-electron chi connectivity index (χ0n) is 14.7. The van der Waals surface area contributed by atoms with E-state index in [1.165, 1.54) is 4.31 Å². The number of ether oxygens (including phenoxy) is 2. The van der Waals surface area contributed by atoms with Crippen molar-refractivity contribution in [2.45, 2.75) is 4.90 Å². The van der Waals surface area contributed by atoms with Crippen LogP contribution in [0, 0.1) is 0 Å². The quantitative estimate of drug-likeness (QED) is 0.627. The predicted octanol–water partition coefficient (Wildman–Crippen LogP) is 3.99. The molecular weight excluding hydrogens is 362 g/mol. The molecule has 27 heavy (non-hydrogen) atoms. The molecule has 5 nitrogen and oxygen atoms in total. The standard InChI is InChI=1S/C21H19NO4S/c1-2-11-22(18-8-10-20-21(15-18)26-13-12-25-20)27(23,24)19-9-7-16-5-3-4-6-17(16)14-19/h2-10,14-15H,1,11-13H2. The summed E-state index contributed by atoms with van der Waals surface area (Å²) in [5.74, 6) is 1.16. The monoisotopic (exact) mass is 381 g/mol. The Morgan fingerprint density at radius 3 is 2.44 bits per heavy atom. The molecule has 6 heteroatoms. The number of benzene rings is 3. The van der Waals surface area contributed by atoms with Gasteiger partial charge in [0.2, 0.25) is 0 Å². The van der Waals surface area contributed by atoms with E-state index in [4.69, 9.17) is 9.47 Å². The lowest BCUT2D eigenvalue weighted by molar-refractivity contribution is 0.171. The highest BCUT2D eigenvalue weighted by molar-refractivity contribution is 7.92. The lowest BCUT2D eigenvalue weighted by atomic mass is 10.1. The molecule has 138 valence electrons. The third kappa shape index (κ3) is 3.24. The fraction of sp³-hybridized carbons (Fsp3) is 0.143. The van der Waals surface area contributed by atoms with Crippen LogP contribution in [-0.4, -0.2) is 28.2 Å². The third-order valence-electron chi connectivity index (χ3n) is 4.42. The fourth-order valence-electron chi connectivity index (χ4n) is 3.10. The Labute approximate surface area is 158 Å². The van der Waals surface area contributed by atoms with Gasteiger partial charge in [-0.2, -0.15) is 0 Å². The Bertz CT molecular complexity index is 1110. The maximum atomic E-state index is 13.3. The molecule has 1 aliphatic rings. The largest absolute Gasteiger partial charge is 0.486 e. The molecule has 0 amide bonds. The molecule has 0 bridgehead atoms. The molecular formula is C21H19NO4S. The minimum Gasteiger partial charge on any atom is -0.486 e. The van der Waals surface area contributed by atoms with Gasteiger partial charge in [0.25, 0.3) is 10.0 Å². The SMILES string of the molecule is C=CCN(c1ccc2c(c1)OCCO2)S(=O)(=O)c1ccc2ccccc2c1. The first-order chi connectivity index (χ1) is 13.1. The van der Waals surface area contributed by atoms with Crippen LogP contribution in [0.5, 0.6) is 11.5 Å². The van der Waals surface area contributed by atoms with Crippen molar-refractivity contribution in [3.8, 4) is 11.5 Å². The summed E-state index contributed by atoms with van der Waals surface area (Å²) in [4.78, 5) is 0.234. The van der Waals surface area contributed by atoms with Gasteiger partial charge in [0.15, 0.2) is 11.5 Å². The second-order valence-electron chi connectivity index (χ2n) is 6.16. The number of fused-ring (bicyclic) bond motifs is 2. The molecule has 1 aliphatic heterocycles. The van der Waals surface area contributed by atoms with Gasteiger partial charge in [-0.15, -0.1) is 6.58 Å². The average molecular weight is 381 g/mol. The molecule has 3 aromatic carbocycles. The highest BCUT2D eigenvalue weighted by Gasteiger charge is 2.26. The Morgan fingerprint density at radius 2 is 1.67 bits per heavy atom. The summed E-state index contributed by atoms with van der Waals surface area (Å²) in [7, 11) is -3.77. The third-order valence-corrected chi connectivity index (χ3v) is 6.21. The normalized spacial score (nSPS) is 13.3. The lowest BCUT2D eigenvalue weighted by Crippen LogP contribution is -2.31. The van der Waals surface area contributed by atoms with Gasteiger partial charge < -0.3 is 9.47 Å². The molecule has 0 unspecified atom stereocenters. The molecule has 0 aliphatic carbocycles. The highest BCUT2D eigenvalue weighted by atomic mass is 32.2. The summed E-state index contributed by atoms with van der Waals surface area (Å²) in [6.07, 6.45) is 1.56. The molecule has 0 saturated heterocycles. The van der Waals surface area contributed by atoms with Crippen molar-refractivity contribution < 1.29 is 17.9 Å². The Balaban J connectivity index is 1.78. The van der Waals surface area contributed by atoms with E-state index >= 15 is 0 Å². The molecule has 3 aromatic rings. The van der Waals surface area contributed by atoms with E-state index in [2.05, 4.69) is 6.58 Å². The first-order valence-corrected chi connectivity index (χ1v) is 10.1. The molecule has 0 spiro atoms. The minimum absolute atomic E-state index is 0.148. The van der Waals surface area contributed by atoms with Gasteiger partial charge in [-0.1, -0.05) is 36.4 Å². The van der Waals surface area contributed by atoms with E-state index < -0.39 is 10.0 Å². The zero-order valence-corrected chi connectivity index (χ0v) is 15.5. The molecule has 0 fully saturated rings. The van der Waals surface area contributed by atoms with Crippen LogP contribution in [0.3, 0.4) is 0 Å². The van der Waals surface area contributed by atoms with Gasteiger partial charge in [-0.3, -0.25) is 4.31 Å². The Kier molecular flexibility index (Phi) is 4.49. The van der Waals surface area contributed by atoms with Crippen molar-refractivity contribution in [2.24, 2.45) is 0 Å². The molecule has 0 radical (unpaired) electrons. The summed E-state index contributed by atoms with van der Waals surface area (Å²) in [5.41, 5.74) is 0.507. The van der Waals surface area contributed by atoms with E-state index in [1.807, 2.05) is 30.3 Å². The first kappa shape index (κ1) is 17.4. The van der Waals surface area contributed by atoms with Crippen LogP contribution in [-0.2, 0) is 10.0 Å². The van der Waals surface area contributed by atoms with Crippen LogP contribution >= 0.6 is 0 Å². The van der Waals surface area contributed by atoms with Crippen molar-refractivity contribution >= 4 is 26.5 Å². The summed E-state index contributed by atoms with van der Waals surface area (Å²) in [5, 5.41) is 1.87. The summed E-state index contributed by atoms with van der Waals surface area (Å²) in [6, 6.07) is 18.0. The van der Waals surface area contributed by atoms with Crippen LogP contribution in [0.15, 0.2) is 78.2 Å². The number of sulfonamides is 1. The first-order valence-electron chi connectivity index (χ1n) is 8.62. The van der Waals surface area contributed by atoms with Crippen molar-refractivity contribution in [3.05, 3.63) is 73.3 Å². The number of hydrogen-bond donors (Lipinski definition) is 0. The summed E-state index contributed by atoms with van der Waals surface area (Å²) < 4.78 is 39.1. The average Bonchev–Trinajstić information content (AvgIpc) is 2.71. The van der Waals surface area contributed by atoms with E-state index in [1.54, 1.807) is 36.4 Å². The second kappa shape index (κ2) is 6.96. The van der Waals surface area contributed by atoms with E-state index in [0.717, 1.165) is 10.8 Å². The highest BCUT2D eigenvalue weighted by Crippen LogP contribution is 2.36. The van der Waals surface area contributed by atoms with Crippen LogP contribution in [0.25, 0.3) is 10.8 Å². The van der Waals surface area contributed by atoms with Crippen molar-refractivity contribution in [3.63, 3.8) is 0 Å². The van der Waals surface area contributed by atoms with Crippen molar-refractivity contribution in [1.29, 1.82) is 0 Å². The smallest absolute Gasteiger partial charge is 0.264 e. The predicted molar refractivity (Wildman–Crippen MR) is 106 cm³/mol. The Hall–Kier alpha value is -2.99. The molecule has 4 rings (SSSR count). The fourth-order valence-corrected chi connectivity index (χ4v) is 4.56. The van der Waals surface area contributed by atoms with Crippen molar-refractivity contribution in [2.75, 3.05) is 24.1 Å². The van der Waals surface area contributed by atoms with Gasteiger partial charge in [0.1, 0.15) is 13.2 Å². The maximum absolute atomic E-state index is 13.3. The van der Waals surface area contributed by atoms with Gasteiger partial charge >= 0.3 is 0 Å². The molecule has 0 N–H and O–H groups in total. The van der Waals surface area contributed by atoms with Gasteiger partial charge in [0.05, 0.1) is 17.1 Å². The number of anilines is 1. The number of rotatable bonds is 5. The van der Waals surface area contributed by atoms with Crippen LogP contribution in [0.1, 0.15) is 0 Å². The molecule has 0 aromatic heterocycles. The second-order valence-corrected chi connectivity index (χ2v) is 8.02. The summed E-state index contributed by atoms with van der Waals surface area (Å²) >= 11 is 0. The van der Waals surface area contributed by atoms with Gasteiger partial charge in [-0.25, -0.2) is 8.42 Å². The summed E-state index contributed by atoms with van der Waals surface area (Å²) in [6.45, 7) is 4.78.